The molecular weight excluding hydrogens is 265 g/mol. The van der Waals surface area contributed by atoms with E-state index in [9.17, 15) is 9.18 Å². The van der Waals surface area contributed by atoms with Crippen LogP contribution in [0.5, 0.6) is 0 Å². The van der Waals surface area contributed by atoms with Crippen LogP contribution in [0.3, 0.4) is 0 Å². The van der Waals surface area contributed by atoms with E-state index in [1.807, 2.05) is 0 Å². The van der Waals surface area contributed by atoms with E-state index in [2.05, 4.69) is 37.4 Å². The van der Waals surface area contributed by atoms with Crippen molar-refractivity contribution >= 4 is 11.6 Å². The second-order valence-electron chi connectivity index (χ2n) is 6.46. The number of carbonyl (C=O) groups is 1. The molecule has 1 aromatic carbocycles. The Hall–Kier alpha value is -1.90. The molecule has 1 N–H and O–H groups in total. The summed E-state index contributed by atoms with van der Waals surface area (Å²) in [5, 5.41) is 2.90. The van der Waals surface area contributed by atoms with Crippen LogP contribution in [0.15, 0.2) is 48.1 Å². The van der Waals surface area contributed by atoms with E-state index in [0.29, 0.717) is 5.69 Å². The zero-order valence-corrected chi connectivity index (χ0v) is 12.4. The van der Waals surface area contributed by atoms with Crippen molar-refractivity contribution in [2.24, 2.45) is 17.3 Å². The van der Waals surface area contributed by atoms with Gasteiger partial charge in [-0.1, -0.05) is 32.1 Å². The molecule has 110 valence electrons. The third-order valence-electron chi connectivity index (χ3n) is 4.60. The fourth-order valence-corrected chi connectivity index (χ4v) is 3.37. The summed E-state index contributed by atoms with van der Waals surface area (Å²) in [6.45, 7) is 4.27. The van der Waals surface area contributed by atoms with Crippen LogP contribution in [-0.2, 0) is 4.79 Å². The summed E-state index contributed by atoms with van der Waals surface area (Å²) < 4.78 is 12.9. The fourth-order valence-electron chi connectivity index (χ4n) is 3.37. The van der Waals surface area contributed by atoms with E-state index in [0.717, 1.165) is 12.8 Å². The van der Waals surface area contributed by atoms with Crippen LogP contribution in [0.2, 0.25) is 0 Å². The standard InChI is InChI=1S/C18H20FNO/c1-18(2)15(12-6-4-3-5-7-12)16(18)17(21)20-14-10-8-13(19)9-11-14/h4,6-11,15-16H,3,5H2,1-2H3,(H,20,21). The number of hydrogen-bond acceptors (Lipinski definition) is 1. The molecule has 1 fully saturated rings. The minimum absolute atomic E-state index is 0.0162. The number of rotatable bonds is 3. The largest absolute Gasteiger partial charge is 0.326 e. The summed E-state index contributed by atoms with van der Waals surface area (Å²) in [7, 11) is 0. The fraction of sp³-hybridized carbons (Fsp3) is 0.389. The van der Waals surface area contributed by atoms with Crippen LogP contribution < -0.4 is 5.32 Å². The van der Waals surface area contributed by atoms with Gasteiger partial charge in [0.25, 0.3) is 0 Å². The number of carbonyl (C=O) groups excluding carboxylic acids is 1. The molecule has 1 amide bonds. The quantitative estimate of drug-likeness (QED) is 0.880. The van der Waals surface area contributed by atoms with Gasteiger partial charge in [0.2, 0.25) is 5.91 Å². The SMILES string of the molecule is CC1(C)C(C(=O)Nc2ccc(F)cc2)C1C1=CCCC=C1. The normalized spacial score (nSPS) is 26.1. The molecule has 0 aromatic heterocycles. The molecule has 0 spiro atoms. The molecule has 0 heterocycles. The number of anilines is 1. The molecule has 0 radical (unpaired) electrons. The highest BCUT2D eigenvalue weighted by Gasteiger charge is 2.62. The van der Waals surface area contributed by atoms with Crippen LogP contribution in [0.1, 0.15) is 26.7 Å². The molecule has 2 atom stereocenters. The zero-order chi connectivity index (χ0) is 15.0. The summed E-state index contributed by atoms with van der Waals surface area (Å²) in [4.78, 5) is 12.5. The third-order valence-corrected chi connectivity index (χ3v) is 4.60. The van der Waals surface area contributed by atoms with Crippen molar-refractivity contribution in [2.45, 2.75) is 26.7 Å². The number of halogens is 1. The van der Waals surface area contributed by atoms with Gasteiger partial charge in [0, 0.05) is 11.6 Å². The molecule has 0 saturated heterocycles. The van der Waals surface area contributed by atoms with Gasteiger partial charge in [-0.3, -0.25) is 4.79 Å². The molecule has 2 unspecified atom stereocenters. The first-order valence-electron chi connectivity index (χ1n) is 7.43. The van der Waals surface area contributed by atoms with Crippen LogP contribution in [-0.4, -0.2) is 5.91 Å². The lowest BCUT2D eigenvalue weighted by atomic mass is 9.98. The van der Waals surface area contributed by atoms with Gasteiger partial charge in [0.05, 0.1) is 5.92 Å². The molecule has 2 aliphatic carbocycles. The van der Waals surface area contributed by atoms with Gasteiger partial charge in [-0.05, 0) is 48.1 Å². The monoisotopic (exact) mass is 285 g/mol. The van der Waals surface area contributed by atoms with Crippen molar-refractivity contribution in [3.63, 3.8) is 0 Å². The van der Waals surface area contributed by atoms with E-state index in [4.69, 9.17) is 0 Å². The van der Waals surface area contributed by atoms with E-state index >= 15 is 0 Å². The van der Waals surface area contributed by atoms with Gasteiger partial charge in [-0.2, -0.15) is 0 Å². The molecule has 1 saturated carbocycles. The lowest BCUT2D eigenvalue weighted by Crippen LogP contribution is -2.17. The minimum Gasteiger partial charge on any atom is -0.326 e. The zero-order valence-electron chi connectivity index (χ0n) is 12.4. The molecule has 3 rings (SSSR count). The maximum atomic E-state index is 12.9. The Kier molecular flexibility index (Phi) is 3.44. The number of hydrogen-bond donors (Lipinski definition) is 1. The van der Waals surface area contributed by atoms with E-state index < -0.39 is 0 Å². The minimum atomic E-state index is -0.296. The molecular formula is C18H20FNO. The average molecular weight is 285 g/mol. The molecule has 21 heavy (non-hydrogen) atoms. The Labute approximate surface area is 124 Å². The van der Waals surface area contributed by atoms with Crippen LogP contribution in [0.4, 0.5) is 10.1 Å². The summed E-state index contributed by atoms with van der Waals surface area (Å²) in [6, 6.07) is 5.91. The molecule has 0 bridgehead atoms. The Morgan fingerprint density at radius 1 is 1.24 bits per heavy atom. The molecule has 2 aliphatic rings. The lowest BCUT2D eigenvalue weighted by Gasteiger charge is -2.07. The highest BCUT2D eigenvalue weighted by molar-refractivity contribution is 5.96. The van der Waals surface area contributed by atoms with Gasteiger partial charge in [-0.25, -0.2) is 4.39 Å². The van der Waals surface area contributed by atoms with E-state index in [1.165, 1.54) is 17.7 Å². The summed E-state index contributed by atoms with van der Waals surface area (Å²) in [6.07, 6.45) is 8.73. The summed E-state index contributed by atoms with van der Waals surface area (Å²) >= 11 is 0. The topological polar surface area (TPSA) is 29.1 Å². The van der Waals surface area contributed by atoms with Crippen LogP contribution in [0, 0.1) is 23.1 Å². The predicted molar refractivity (Wildman–Crippen MR) is 82.2 cm³/mol. The van der Waals surface area contributed by atoms with Gasteiger partial charge in [0.1, 0.15) is 5.82 Å². The first-order valence-corrected chi connectivity index (χ1v) is 7.43. The first-order chi connectivity index (χ1) is 10.00. The number of nitrogens with one attached hydrogen (secondary N) is 1. The predicted octanol–water partition coefficient (Wildman–Crippen LogP) is 4.31. The van der Waals surface area contributed by atoms with Crippen molar-refractivity contribution in [1.82, 2.24) is 0 Å². The third kappa shape index (κ3) is 2.65. The van der Waals surface area contributed by atoms with Crippen molar-refractivity contribution < 1.29 is 9.18 Å². The van der Waals surface area contributed by atoms with Gasteiger partial charge < -0.3 is 5.32 Å². The maximum absolute atomic E-state index is 12.9. The molecule has 2 nitrogen and oxygen atoms in total. The Balaban J connectivity index is 1.71. The van der Waals surface area contributed by atoms with Crippen molar-refractivity contribution in [2.75, 3.05) is 5.32 Å². The highest BCUT2D eigenvalue weighted by atomic mass is 19.1. The van der Waals surface area contributed by atoms with Gasteiger partial charge in [-0.15, -0.1) is 0 Å². The van der Waals surface area contributed by atoms with Crippen molar-refractivity contribution in [1.29, 1.82) is 0 Å². The van der Waals surface area contributed by atoms with Crippen molar-refractivity contribution in [3.8, 4) is 0 Å². The number of benzene rings is 1. The van der Waals surface area contributed by atoms with Crippen LogP contribution in [0.25, 0.3) is 0 Å². The van der Waals surface area contributed by atoms with Gasteiger partial charge in [0.15, 0.2) is 0 Å². The molecule has 3 heteroatoms. The second-order valence-corrected chi connectivity index (χ2v) is 6.46. The summed E-state index contributed by atoms with van der Waals surface area (Å²) in [5.41, 5.74) is 1.92. The Bertz CT molecular complexity index is 613. The number of allylic oxidation sites excluding steroid dienone is 4. The first kappa shape index (κ1) is 14.1. The van der Waals surface area contributed by atoms with Crippen molar-refractivity contribution in [3.05, 3.63) is 53.9 Å². The Morgan fingerprint density at radius 2 is 1.95 bits per heavy atom. The smallest absolute Gasteiger partial charge is 0.228 e. The van der Waals surface area contributed by atoms with Gasteiger partial charge >= 0.3 is 0 Å². The number of amides is 1. The highest BCUT2D eigenvalue weighted by Crippen LogP contribution is 2.62. The second kappa shape index (κ2) is 5.14. The van der Waals surface area contributed by atoms with Crippen LogP contribution >= 0.6 is 0 Å². The summed E-state index contributed by atoms with van der Waals surface area (Å²) in [5.74, 6) is -0.00217. The van der Waals surface area contributed by atoms with E-state index in [1.54, 1.807) is 12.1 Å². The Morgan fingerprint density at radius 3 is 2.57 bits per heavy atom. The maximum Gasteiger partial charge on any atom is 0.228 e. The molecule has 1 aromatic rings. The lowest BCUT2D eigenvalue weighted by molar-refractivity contribution is -0.118. The molecule has 0 aliphatic heterocycles. The van der Waals surface area contributed by atoms with E-state index in [-0.39, 0.29) is 29.0 Å². The average Bonchev–Trinajstić information content (AvgIpc) is 3.05.